The Hall–Kier alpha value is -6.16. The predicted molar refractivity (Wildman–Crippen MR) is 290 cm³/mol. The third-order valence-electron chi connectivity index (χ3n) is 15.5. The molecule has 3 aliphatic heterocycles. The minimum Gasteiger partial charge on any atom is -0.497 e. The number of rotatable bonds is 15. The summed E-state index contributed by atoms with van der Waals surface area (Å²) >= 11 is 0. The molecule has 0 saturated carbocycles. The molecular weight excluding hydrogens is 1020 g/mol. The van der Waals surface area contributed by atoms with Gasteiger partial charge in [0.2, 0.25) is 35.4 Å². The molecule has 442 valence electrons. The minimum absolute atomic E-state index is 0.0720. The molecule has 3 saturated heterocycles. The molecule has 3 fully saturated rings. The molecule has 22 nitrogen and oxygen atoms in total. The van der Waals surface area contributed by atoms with Crippen LogP contribution in [0.4, 0.5) is 0 Å². The van der Waals surface area contributed by atoms with Crippen LogP contribution in [0, 0.1) is 29.6 Å². The molecule has 1 aromatic rings. The number of carbonyl (C=O) groups excluding carboxylic acids is 10. The van der Waals surface area contributed by atoms with Crippen molar-refractivity contribution in [3.05, 3.63) is 29.8 Å². The number of likely N-dealkylation sites (N-methyl/N-ethyl adjacent to an activating group) is 2. The van der Waals surface area contributed by atoms with Gasteiger partial charge in [-0.15, -0.1) is 0 Å². The Morgan fingerprint density at radius 2 is 1.49 bits per heavy atom. The number of amides is 7. The van der Waals surface area contributed by atoms with Crippen LogP contribution in [-0.4, -0.2) is 190 Å². The molecule has 5 N–H and O–H groups in total. The molecule has 0 radical (unpaired) electrons. The second-order valence-electron chi connectivity index (χ2n) is 23.0. The summed E-state index contributed by atoms with van der Waals surface area (Å²) in [5.74, 6) is -10.3. The summed E-state index contributed by atoms with van der Waals surface area (Å²) in [5.41, 5.74) is 0.571. The van der Waals surface area contributed by atoms with Gasteiger partial charge in [-0.25, -0.2) is 4.79 Å². The number of esters is 2. The second kappa shape index (κ2) is 29.3. The summed E-state index contributed by atoms with van der Waals surface area (Å²) in [6.45, 7) is 18.4. The van der Waals surface area contributed by atoms with E-state index in [1.54, 1.807) is 52.0 Å². The van der Waals surface area contributed by atoms with Gasteiger partial charge in [-0.1, -0.05) is 73.9 Å². The Morgan fingerprint density at radius 3 is 2.06 bits per heavy atom. The van der Waals surface area contributed by atoms with Crippen molar-refractivity contribution in [1.82, 2.24) is 35.6 Å². The maximum absolute atomic E-state index is 15.0. The molecule has 7 amide bonds. The lowest BCUT2D eigenvalue weighted by molar-refractivity contribution is -0.163. The molecule has 1 aromatic carbocycles. The lowest BCUT2D eigenvalue weighted by Gasteiger charge is -2.36. The standard InChI is InChI=1S/C57H89N7O15/c1-15-33(8)46-44(66)29-45(67)79-49(32(6)7)48(68)34(9)50(69)58-39(26-30(2)3)54(73)64-25-17-19-41(64)56(75)62(13)43(28-37-20-22-38(77-14)23-21-37)57(76)78-36(11)47(52(71)59-46)60-51(70)42(27-31(4)5)61(12)55(74)40-18-16-24-63(40)53(72)35(10)65/h20-23,30-36,39-44,46-47,49,65-66H,15-19,24-29H2,1-14H3,(H,58,69)(H,59,71)(H,60,70)/t33-,34-,35?,36+,39?,40-,41-,42+,43-,44-,46+,47-,49-/m0/s1. The first kappa shape index (κ1) is 65.4. The quantitative estimate of drug-likeness (QED) is 0.124. The second-order valence-corrected chi connectivity index (χ2v) is 23.0. The van der Waals surface area contributed by atoms with Gasteiger partial charge >= 0.3 is 11.9 Å². The summed E-state index contributed by atoms with van der Waals surface area (Å²) < 4.78 is 17.2. The molecule has 0 aliphatic carbocycles. The zero-order valence-corrected chi connectivity index (χ0v) is 48.8. The van der Waals surface area contributed by atoms with Crippen LogP contribution >= 0.6 is 0 Å². The first-order valence-electron chi connectivity index (χ1n) is 28.0. The lowest BCUT2D eigenvalue weighted by Crippen LogP contribution is -2.62. The van der Waals surface area contributed by atoms with Crippen molar-refractivity contribution in [1.29, 1.82) is 0 Å². The average molecular weight is 1110 g/mol. The van der Waals surface area contributed by atoms with Crippen molar-refractivity contribution in [2.45, 2.75) is 201 Å². The number of aliphatic hydroxyl groups excluding tert-OH is 2. The zero-order chi connectivity index (χ0) is 59.3. The molecule has 79 heavy (non-hydrogen) atoms. The monoisotopic (exact) mass is 1110 g/mol. The predicted octanol–water partition coefficient (Wildman–Crippen LogP) is 2.32. The van der Waals surface area contributed by atoms with Crippen LogP contribution in [0.1, 0.15) is 133 Å². The Kier molecular flexibility index (Phi) is 24.3. The van der Waals surface area contributed by atoms with Gasteiger partial charge in [0, 0.05) is 33.6 Å². The molecule has 13 atom stereocenters. The number of benzene rings is 1. The number of methoxy groups -OCH3 is 1. The molecule has 0 aromatic heterocycles. The summed E-state index contributed by atoms with van der Waals surface area (Å²) in [4.78, 5) is 149. The van der Waals surface area contributed by atoms with E-state index < -0.39 is 150 Å². The third-order valence-corrected chi connectivity index (χ3v) is 15.5. The summed E-state index contributed by atoms with van der Waals surface area (Å²) in [7, 11) is 4.29. The largest absolute Gasteiger partial charge is 0.497 e. The van der Waals surface area contributed by atoms with Gasteiger partial charge in [-0.3, -0.25) is 43.2 Å². The van der Waals surface area contributed by atoms with Crippen molar-refractivity contribution < 1.29 is 72.4 Å². The van der Waals surface area contributed by atoms with E-state index in [4.69, 9.17) is 14.2 Å². The van der Waals surface area contributed by atoms with E-state index in [1.165, 1.54) is 61.6 Å². The first-order valence-corrected chi connectivity index (χ1v) is 28.0. The molecule has 3 aliphatic rings. The highest BCUT2D eigenvalue weighted by Gasteiger charge is 2.46. The number of nitrogens with one attached hydrogen (secondary N) is 3. The van der Waals surface area contributed by atoms with E-state index in [0.29, 0.717) is 30.6 Å². The first-order chi connectivity index (χ1) is 37.0. The minimum atomic E-state index is -1.76. The van der Waals surface area contributed by atoms with E-state index in [1.807, 2.05) is 27.7 Å². The van der Waals surface area contributed by atoms with Gasteiger partial charge in [-0.2, -0.15) is 0 Å². The van der Waals surface area contributed by atoms with Crippen molar-refractivity contribution in [2.75, 3.05) is 34.3 Å². The lowest BCUT2D eigenvalue weighted by atomic mass is 9.91. The Morgan fingerprint density at radius 1 is 0.861 bits per heavy atom. The van der Waals surface area contributed by atoms with Crippen molar-refractivity contribution >= 4 is 59.1 Å². The highest BCUT2D eigenvalue weighted by atomic mass is 16.6. The Bertz CT molecular complexity index is 2330. The number of cyclic esters (lactones) is 2. The van der Waals surface area contributed by atoms with Crippen molar-refractivity contribution in [2.24, 2.45) is 29.6 Å². The number of hydrogen-bond acceptors (Lipinski definition) is 15. The number of carbonyl (C=O) groups is 10. The highest BCUT2D eigenvalue weighted by Crippen LogP contribution is 2.27. The van der Waals surface area contributed by atoms with E-state index in [-0.39, 0.29) is 57.0 Å². The van der Waals surface area contributed by atoms with Crippen LogP contribution in [0.15, 0.2) is 24.3 Å². The summed E-state index contributed by atoms with van der Waals surface area (Å²) in [6.07, 6.45) is -4.99. The van der Waals surface area contributed by atoms with Gasteiger partial charge in [0.1, 0.15) is 54.2 Å². The van der Waals surface area contributed by atoms with Crippen LogP contribution < -0.4 is 20.7 Å². The fourth-order valence-electron chi connectivity index (χ4n) is 10.5. The SMILES string of the molecule is CC[C@H](C)[C@H]1NC(=O)[C@@H](NC(=O)[C@@H](CC(C)C)N(C)C(=O)[C@@H]2CCCN2C(=O)C(C)O)[C@@H](C)OC(=O)[C@H](Cc2ccc(OC)cc2)N(C)C(=O)[C@@H]2CCCN2C(=O)C(CC(C)C)NC(=O)[C@@H](C)C(=O)[C@H](C(C)C)OC(=O)C[C@@H]1O. The average Bonchev–Trinajstić information content (AvgIpc) is 4.13. The highest BCUT2D eigenvalue weighted by molar-refractivity contribution is 6.05. The van der Waals surface area contributed by atoms with Gasteiger partial charge < -0.3 is 60.0 Å². The van der Waals surface area contributed by atoms with Crippen molar-refractivity contribution in [3.8, 4) is 5.75 Å². The Labute approximate surface area is 465 Å². The molecular formula is C57H89N7O15. The Balaban J connectivity index is 1.89. The molecule has 0 bridgehead atoms. The maximum atomic E-state index is 15.0. The zero-order valence-electron chi connectivity index (χ0n) is 48.8. The maximum Gasteiger partial charge on any atom is 0.329 e. The number of hydrogen-bond donors (Lipinski definition) is 5. The fraction of sp³-hybridized carbons (Fsp3) is 0.719. The third kappa shape index (κ3) is 16.9. The van der Waals surface area contributed by atoms with E-state index in [9.17, 15) is 53.4 Å². The topological polar surface area (TPSA) is 288 Å². The summed E-state index contributed by atoms with van der Waals surface area (Å²) in [6, 6.07) is -2.19. The number of aliphatic hydroxyl groups is 2. The molecule has 3 heterocycles. The van der Waals surface area contributed by atoms with Gasteiger partial charge in [-0.05, 0) is 101 Å². The van der Waals surface area contributed by atoms with Crippen LogP contribution in [0.3, 0.4) is 0 Å². The molecule has 22 heteroatoms. The van der Waals surface area contributed by atoms with E-state index in [2.05, 4.69) is 16.0 Å². The molecule has 4 rings (SSSR count). The molecule has 0 spiro atoms. The summed E-state index contributed by atoms with van der Waals surface area (Å²) in [5, 5.41) is 30.2. The van der Waals surface area contributed by atoms with E-state index >= 15 is 4.79 Å². The number of fused-ring (bicyclic) bond motifs is 1. The number of likely N-dealkylation sites (tertiary alicyclic amines) is 1. The van der Waals surface area contributed by atoms with Crippen LogP contribution in [-0.2, 0) is 63.8 Å². The van der Waals surface area contributed by atoms with Gasteiger partial charge in [0.15, 0.2) is 11.9 Å². The van der Waals surface area contributed by atoms with Crippen LogP contribution in [0.25, 0.3) is 0 Å². The van der Waals surface area contributed by atoms with Gasteiger partial charge in [0.25, 0.3) is 5.91 Å². The number of ether oxygens (including phenoxy) is 3. The van der Waals surface area contributed by atoms with Crippen LogP contribution in [0.2, 0.25) is 0 Å². The van der Waals surface area contributed by atoms with E-state index in [0.717, 1.165) is 0 Å². The van der Waals surface area contributed by atoms with Crippen molar-refractivity contribution in [3.63, 3.8) is 0 Å². The number of ketones is 1. The fourth-order valence-corrected chi connectivity index (χ4v) is 10.5. The molecule has 2 unspecified atom stereocenters. The smallest absolute Gasteiger partial charge is 0.329 e. The number of Topliss-reactive ketones (excluding diaryl/α,β-unsaturated/α-hetero) is 1. The van der Waals surface area contributed by atoms with Crippen LogP contribution in [0.5, 0.6) is 5.75 Å². The van der Waals surface area contributed by atoms with Gasteiger partial charge in [0.05, 0.1) is 31.6 Å². The normalized spacial score (nSPS) is 27.7. The number of nitrogens with zero attached hydrogens (tertiary/aromatic N) is 4.